The van der Waals surface area contributed by atoms with Crippen molar-refractivity contribution in [3.63, 3.8) is 0 Å². The largest absolute Gasteiger partial charge is 0.305 e. The molecular weight excluding hydrogens is 342 g/mol. The molecule has 3 aromatic rings. The maximum Gasteiger partial charge on any atom is 0.260 e. The van der Waals surface area contributed by atoms with Crippen LogP contribution in [0.3, 0.4) is 0 Å². The molecule has 0 aliphatic heterocycles. The molecule has 2 heterocycles. The Hall–Kier alpha value is -2.71. The lowest BCUT2D eigenvalue weighted by Crippen LogP contribution is -2.14. The van der Waals surface area contributed by atoms with E-state index in [4.69, 9.17) is 0 Å². The molecule has 26 heavy (non-hydrogen) atoms. The van der Waals surface area contributed by atoms with Crippen LogP contribution in [0.1, 0.15) is 40.7 Å². The number of allylic oxidation sites excluding steroid dienone is 1. The van der Waals surface area contributed by atoms with Gasteiger partial charge in [-0.1, -0.05) is 36.8 Å². The maximum atomic E-state index is 12.7. The summed E-state index contributed by atoms with van der Waals surface area (Å²) < 4.78 is 0. The van der Waals surface area contributed by atoms with Crippen LogP contribution in [-0.4, -0.2) is 9.97 Å². The zero-order valence-electron chi connectivity index (χ0n) is 14.8. The fourth-order valence-corrected chi connectivity index (χ4v) is 4.94. The number of hydrogen-bond acceptors (Lipinski definition) is 4. The van der Waals surface area contributed by atoms with Gasteiger partial charge in [-0.2, -0.15) is 5.26 Å². The molecular formula is C21H19N3OS. The fraction of sp³-hybridized carbons (Fsp3) is 0.286. The van der Waals surface area contributed by atoms with E-state index in [-0.39, 0.29) is 5.56 Å². The Morgan fingerprint density at radius 1 is 1.46 bits per heavy atom. The van der Waals surface area contributed by atoms with Crippen molar-refractivity contribution < 1.29 is 0 Å². The van der Waals surface area contributed by atoms with Gasteiger partial charge < -0.3 is 4.98 Å². The minimum atomic E-state index is -0.137. The topological polar surface area (TPSA) is 69.5 Å². The summed E-state index contributed by atoms with van der Waals surface area (Å²) in [5, 5.41) is 10.3. The van der Waals surface area contributed by atoms with E-state index in [0.717, 1.165) is 40.8 Å². The number of thiophene rings is 1. The fourth-order valence-electron chi connectivity index (χ4n) is 3.56. The van der Waals surface area contributed by atoms with E-state index >= 15 is 0 Å². The first-order valence-corrected chi connectivity index (χ1v) is 9.60. The minimum Gasteiger partial charge on any atom is -0.305 e. The highest BCUT2D eigenvalue weighted by atomic mass is 32.1. The highest BCUT2D eigenvalue weighted by molar-refractivity contribution is 7.18. The molecule has 4 rings (SSSR count). The molecule has 1 aliphatic rings. The van der Waals surface area contributed by atoms with Crippen LogP contribution in [0.4, 0.5) is 0 Å². The molecule has 0 saturated heterocycles. The van der Waals surface area contributed by atoms with Crippen LogP contribution >= 0.6 is 11.3 Å². The predicted molar refractivity (Wildman–Crippen MR) is 106 cm³/mol. The number of aryl methyl sites for hydroxylation is 2. The van der Waals surface area contributed by atoms with Crippen molar-refractivity contribution in [2.45, 2.75) is 33.1 Å². The number of fused-ring (bicyclic) bond motifs is 3. The second kappa shape index (κ2) is 6.54. The van der Waals surface area contributed by atoms with Crippen molar-refractivity contribution in [1.29, 1.82) is 5.26 Å². The molecule has 5 heteroatoms. The van der Waals surface area contributed by atoms with Crippen LogP contribution in [0, 0.1) is 24.2 Å². The van der Waals surface area contributed by atoms with Gasteiger partial charge in [-0.15, -0.1) is 11.3 Å². The Morgan fingerprint density at radius 2 is 2.31 bits per heavy atom. The average Bonchev–Trinajstić information content (AvgIpc) is 2.97. The Labute approximate surface area is 155 Å². The number of H-pyrrole nitrogens is 1. The number of benzene rings is 1. The summed E-state index contributed by atoms with van der Waals surface area (Å²) in [5.41, 5.74) is 3.43. The summed E-state index contributed by atoms with van der Waals surface area (Å²) >= 11 is 1.60. The number of nitriles is 1. The van der Waals surface area contributed by atoms with Crippen LogP contribution < -0.4 is 5.56 Å². The first-order valence-electron chi connectivity index (χ1n) is 8.78. The van der Waals surface area contributed by atoms with Gasteiger partial charge in [0, 0.05) is 4.88 Å². The van der Waals surface area contributed by atoms with Gasteiger partial charge in [0.15, 0.2) is 5.82 Å². The van der Waals surface area contributed by atoms with Crippen LogP contribution in [0.2, 0.25) is 0 Å². The summed E-state index contributed by atoms with van der Waals surface area (Å²) in [6.45, 7) is 4.25. The van der Waals surface area contributed by atoms with Crippen molar-refractivity contribution in [3.8, 4) is 6.07 Å². The van der Waals surface area contributed by atoms with Crippen molar-refractivity contribution in [2.75, 3.05) is 0 Å². The molecule has 1 aromatic carbocycles. The number of aromatic nitrogens is 2. The van der Waals surface area contributed by atoms with Gasteiger partial charge in [-0.25, -0.2) is 4.98 Å². The Bertz CT molecular complexity index is 1130. The third kappa shape index (κ3) is 2.97. The predicted octanol–water partition coefficient (Wildman–Crippen LogP) is 4.48. The van der Waals surface area contributed by atoms with Crippen molar-refractivity contribution >= 4 is 33.2 Å². The van der Waals surface area contributed by atoms with Gasteiger partial charge in [-0.3, -0.25) is 4.79 Å². The zero-order valence-corrected chi connectivity index (χ0v) is 15.6. The molecule has 0 spiro atoms. The Morgan fingerprint density at radius 3 is 3.08 bits per heavy atom. The lowest BCUT2D eigenvalue weighted by Gasteiger charge is -2.17. The Kier molecular flexibility index (Phi) is 4.21. The summed E-state index contributed by atoms with van der Waals surface area (Å²) in [7, 11) is 0. The molecule has 4 nitrogen and oxygen atoms in total. The third-order valence-electron chi connectivity index (χ3n) is 4.89. The summed E-state index contributed by atoms with van der Waals surface area (Å²) in [6, 6.07) is 10.1. The molecule has 0 fully saturated rings. The second-order valence-corrected chi connectivity index (χ2v) is 8.11. The minimum absolute atomic E-state index is 0.137. The second-order valence-electron chi connectivity index (χ2n) is 7.03. The number of nitrogens with one attached hydrogen (secondary N) is 1. The molecule has 1 atom stereocenters. The molecule has 130 valence electrons. The molecule has 2 aromatic heterocycles. The molecule has 1 N–H and O–H groups in total. The first-order chi connectivity index (χ1) is 12.5. The van der Waals surface area contributed by atoms with E-state index in [1.54, 1.807) is 17.4 Å². The van der Waals surface area contributed by atoms with Crippen LogP contribution in [0.25, 0.3) is 21.9 Å². The van der Waals surface area contributed by atoms with Gasteiger partial charge in [-0.05, 0) is 49.3 Å². The monoisotopic (exact) mass is 361 g/mol. The van der Waals surface area contributed by atoms with Crippen LogP contribution in [0.15, 0.2) is 29.1 Å². The van der Waals surface area contributed by atoms with Gasteiger partial charge in [0.05, 0.1) is 11.0 Å². The summed E-state index contributed by atoms with van der Waals surface area (Å²) in [4.78, 5) is 22.2. The van der Waals surface area contributed by atoms with Gasteiger partial charge in [0.1, 0.15) is 10.9 Å². The smallest absolute Gasteiger partial charge is 0.260 e. The first kappa shape index (κ1) is 16.7. The van der Waals surface area contributed by atoms with Gasteiger partial charge in [0.25, 0.3) is 5.56 Å². The molecule has 0 radical (unpaired) electrons. The quantitative estimate of drug-likeness (QED) is 0.684. The van der Waals surface area contributed by atoms with E-state index in [0.29, 0.717) is 22.7 Å². The lowest BCUT2D eigenvalue weighted by molar-refractivity contribution is 0.509. The maximum absolute atomic E-state index is 12.7. The highest BCUT2D eigenvalue weighted by Gasteiger charge is 2.23. The van der Waals surface area contributed by atoms with Crippen LogP contribution in [0.5, 0.6) is 0 Å². The van der Waals surface area contributed by atoms with E-state index in [1.165, 1.54) is 4.88 Å². The van der Waals surface area contributed by atoms with Crippen molar-refractivity contribution in [3.05, 3.63) is 62.0 Å². The van der Waals surface area contributed by atoms with E-state index in [9.17, 15) is 10.1 Å². The van der Waals surface area contributed by atoms with Crippen LogP contribution in [-0.2, 0) is 12.8 Å². The highest BCUT2D eigenvalue weighted by Crippen LogP contribution is 2.35. The standard InChI is InChI=1S/C21H19N3OS/c1-12-4-3-5-14(8-12)10-15(11-22)19-23-20(25)18-16-7-6-13(2)9-17(16)26-21(18)24-19/h3-5,8,10,13H,6-7,9H2,1-2H3,(H,23,24,25)/b15-10+/t13-/m1/s1. The SMILES string of the molecule is Cc1cccc(/C=C(\C#N)c2nc3sc4c(c3c(=O)[nH]2)CC[C@@H](C)C4)c1. The van der Waals surface area contributed by atoms with E-state index < -0.39 is 0 Å². The van der Waals surface area contributed by atoms with Crippen molar-refractivity contribution in [2.24, 2.45) is 5.92 Å². The molecule has 0 saturated carbocycles. The zero-order chi connectivity index (χ0) is 18.3. The number of rotatable bonds is 2. The van der Waals surface area contributed by atoms with Crippen molar-refractivity contribution in [1.82, 2.24) is 9.97 Å². The Balaban J connectivity index is 1.84. The third-order valence-corrected chi connectivity index (χ3v) is 6.04. The molecule has 1 aliphatic carbocycles. The van der Waals surface area contributed by atoms with E-state index in [1.807, 2.05) is 31.2 Å². The van der Waals surface area contributed by atoms with Gasteiger partial charge in [0.2, 0.25) is 0 Å². The van der Waals surface area contributed by atoms with Gasteiger partial charge >= 0.3 is 0 Å². The normalized spacial score (nSPS) is 17.1. The average molecular weight is 361 g/mol. The molecule has 0 bridgehead atoms. The summed E-state index contributed by atoms with van der Waals surface area (Å²) in [5.74, 6) is 0.989. The summed E-state index contributed by atoms with van der Waals surface area (Å²) in [6.07, 6.45) is 4.82. The molecule has 0 unspecified atom stereocenters. The van der Waals surface area contributed by atoms with E-state index in [2.05, 4.69) is 23.0 Å². The lowest BCUT2D eigenvalue weighted by atomic mass is 9.89. The number of hydrogen-bond donors (Lipinski definition) is 1. The number of aromatic amines is 1. The molecule has 0 amide bonds. The number of nitrogens with zero attached hydrogens (tertiary/aromatic N) is 2.